The first kappa shape index (κ1) is 22.9. The second-order valence-electron chi connectivity index (χ2n) is 9.27. The molecule has 0 spiro atoms. The summed E-state index contributed by atoms with van der Waals surface area (Å²) in [5.74, 6) is 0.296. The van der Waals surface area contributed by atoms with Gasteiger partial charge in [0, 0.05) is 50.2 Å². The highest BCUT2D eigenvalue weighted by Gasteiger charge is 2.33. The number of alkyl halides is 1. The molecule has 6 rings (SSSR count). The van der Waals surface area contributed by atoms with Gasteiger partial charge in [0.15, 0.2) is 5.65 Å². The van der Waals surface area contributed by atoms with Gasteiger partial charge in [0.1, 0.15) is 29.3 Å². The molecular weight excluding hydrogens is 465 g/mol. The Morgan fingerprint density at radius 1 is 1.28 bits per heavy atom. The summed E-state index contributed by atoms with van der Waals surface area (Å²) >= 11 is 0. The average molecular weight is 494 g/mol. The van der Waals surface area contributed by atoms with Crippen LogP contribution in [0.25, 0.3) is 27.9 Å². The van der Waals surface area contributed by atoms with E-state index in [1.54, 1.807) is 24.9 Å². The van der Waals surface area contributed by atoms with Crippen molar-refractivity contribution in [2.75, 3.05) is 32.7 Å². The number of nitrogens with zero attached hydrogens (tertiary/aromatic N) is 5. The quantitative estimate of drug-likeness (QED) is 0.425. The number of nitrogens with one attached hydrogen (secondary N) is 2. The van der Waals surface area contributed by atoms with Gasteiger partial charge in [-0.05, 0) is 31.4 Å². The van der Waals surface area contributed by atoms with Gasteiger partial charge < -0.3 is 24.7 Å². The highest BCUT2D eigenvalue weighted by molar-refractivity contribution is 6.01. The van der Waals surface area contributed by atoms with Gasteiger partial charge in [-0.25, -0.2) is 14.4 Å². The fourth-order valence-electron chi connectivity index (χ4n) is 5.09. The van der Waals surface area contributed by atoms with Crippen LogP contribution in [0.1, 0.15) is 35.7 Å². The van der Waals surface area contributed by atoms with E-state index in [0.717, 1.165) is 23.0 Å². The first-order valence-corrected chi connectivity index (χ1v) is 12.2. The van der Waals surface area contributed by atoms with E-state index in [1.807, 2.05) is 18.2 Å². The number of hydrogen-bond donors (Lipinski definition) is 2. The minimum Gasteiger partial charge on any atom is -0.379 e. The van der Waals surface area contributed by atoms with Crippen molar-refractivity contribution < 1.29 is 18.7 Å². The third-order valence-electron chi connectivity index (χ3n) is 7.27. The molecule has 1 amide bonds. The number of fused-ring (bicyclic) bond motifs is 2. The molecule has 4 aromatic rings. The van der Waals surface area contributed by atoms with Gasteiger partial charge in [0.25, 0.3) is 5.91 Å². The van der Waals surface area contributed by atoms with Gasteiger partial charge in [-0.2, -0.15) is 9.61 Å². The van der Waals surface area contributed by atoms with Crippen molar-refractivity contribution in [3.63, 3.8) is 0 Å². The summed E-state index contributed by atoms with van der Waals surface area (Å²) in [6, 6.07) is 5.42. The van der Waals surface area contributed by atoms with E-state index in [-0.39, 0.29) is 18.1 Å². The van der Waals surface area contributed by atoms with Crippen LogP contribution in [-0.2, 0) is 9.47 Å². The molecule has 4 aromatic heterocycles. The van der Waals surface area contributed by atoms with E-state index >= 15 is 0 Å². The molecule has 11 heteroatoms. The number of anilines is 1. The highest BCUT2D eigenvalue weighted by Crippen LogP contribution is 2.35. The molecule has 2 aliphatic rings. The Balaban J connectivity index is 1.47. The molecule has 0 aromatic carbocycles. The molecule has 2 fully saturated rings. The van der Waals surface area contributed by atoms with Crippen molar-refractivity contribution in [1.82, 2.24) is 29.5 Å². The molecule has 1 aliphatic carbocycles. The van der Waals surface area contributed by atoms with Crippen molar-refractivity contribution in [3.05, 3.63) is 42.4 Å². The summed E-state index contributed by atoms with van der Waals surface area (Å²) in [5.41, 5.74) is 3.09. The predicted octanol–water partition coefficient (Wildman–Crippen LogP) is 2.99. The lowest BCUT2D eigenvalue weighted by atomic mass is 9.90. The number of carbonyl (C=O) groups excluding carboxylic acids is 1. The second kappa shape index (κ2) is 9.14. The SMILES string of the molecule is CNc1cc(-c2cn([C@H]3CCOC[C@H]3OC)c3ncccc23)nc2c(C(=O)NC3CC[C@H]3F)cnn12. The number of amides is 1. The lowest BCUT2D eigenvalue weighted by molar-refractivity contribution is -0.0592. The second-order valence-corrected chi connectivity index (χ2v) is 9.27. The standard InChI is InChI=1S/C25H28FN7O3/c1-27-22-10-19(30-24-15(11-29-33(22)24)25(34)31-18-6-5-17(18)26)16-12-32(23-14(16)4-3-8-28-23)20-7-9-36-13-21(20)35-2/h3-4,8,10-12,17-18,20-21,27H,5-7,9,13H2,1-2H3,(H,31,34)/t17-,18?,20+,21-/m1/s1. The monoisotopic (exact) mass is 493 g/mol. The number of halogens is 1. The Kier molecular flexibility index (Phi) is 5.81. The molecular formula is C25H28FN7O3. The van der Waals surface area contributed by atoms with Crippen LogP contribution >= 0.6 is 0 Å². The zero-order valence-electron chi connectivity index (χ0n) is 20.1. The summed E-state index contributed by atoms with van der Waals surface area (Å²) in [4.78, 5) is 22.5. The van der Waals surface area contributed by atoms with Crippen LogP contribution in [-0.4, -0.2) is 75.7 Å². The first-order valence-electron chi connectivity index (χ1n) is 12.2. The van der Waals surface area contributed by atoms with Crippen LogP contribution in [0.5, 0.6) is 0 Å². The third-order valence-corrected chi connectivity index (χ3v) is 7.27. The number of methoxy groups -OCH3 is 1. The number of rotatable bonds is 6. The van der Waals surface area contributed by atoms with Crippen LogP contribution < -0.4 is 10.6 Å². The molecule has 188 valence electrons. The van der Waals surface area contributed by atoms with E-state index < -0.39 is 12.2 Å². The molecule has 0 radical (unpaired) electrons. The fraction of sp³-hybridized carbons (Fsp3) is 0.440. The third kappa shape index (κ3) is 3.70. The molecule has 2 N–H and O–H groups in total. The van der Waals surface area contributed by atoms with Crippen LogP contribution in [0.4, 0.5) is 10.2 Å². The minimum atomic E-state index is -1.01. The maximum atomic E-state index is 13.8. The predicted molar refractivity (Wildman–Crippen MR) is 132 cm³/mol. The summed E-state index contributed by atoms with van der Waals surface area (Å²) in [7, 11) is 3.49. The highest BCUT2D eigenvalue weighted by atomic mass is 19.1. The summed E-state index contributed by atoms with van der Waals surface area (Å²) in [5, 5.41) is 11.2. The zero-order chi connectivity index (χ0) is 24.8. The fourth-order valence-corrected chi connectivity index (χ4v) is 5.09. The molecule has 4 atom stereocenters. The van der Waals surface area contributed by atoms with Crippen LogP contribution in [0.2, 0.25) is 0 Å². The van der Waals surface area contributed by atoms with Crippen LogP contribution in [0, 0.1) is 0 Å². The Morgan fingerprint density at radius 3 is 2.92 bits per heavy atom. The number of pyridine rings is 1. The van der Waals surface area contributed by atoms with Gasteiger partial charge in [-0.15, -0.1) is 0 Å². The number of aromatic nitrogens is 5. The van der Waals surface area contributed by atoms with Gasteiger partial charge in [-0.1, -0.05) is 0 Å². The van der Waals surface area contributed by atoms with E-state index in [9.17, 15) is 9.18 Å². The van der Waals surface area contributed by atoms with Crippen molar-refractivity contribution in [2.24, 2.45) is 0 Å². The Labute approximate surface area is 206 Å². The Hall–Kier alpha value is -3.57. The topological polar surface area (TPSA) is 108 Å². The van der Waals surface area contributed by atoms with E-state index in [4.69, 9.17) is 14.5 Å². The van der Waals surface area contributed by atoms with Crippen LogP contribution in [0.3, 0.4) is 0 Å². The number of carbonyl (C=O) groups is 1. The molecule has 1 saturated heterocycles. The molecule has 1 unspecified atom stereocenters. The summed E-state index contributed by atoms with van der Waals surface area (Å²) < 4.78 is 28.9. The Morgan fingerprint density at radius 2 is 2.17 bits per heavy atom. The lowest BCUT2D eigenvalue weighted by Gasteiger charge is -2.31. The van der Waals surface area contributed by atoms with Gasteiger partial charge in [0.05, 0.1) is 30.6 Å². The molecule has 36 heavy (non-hydrogen) atoms. The van der Waals surface area contributed by atoms with Crippen molar-refractivity contribution in [2.45, 2.75) is 43.6 Å². The molecule has 10 nitrogen and oxygen atoms in total. The molecule has 5 heterocycles. The number of ether oxygens (including phenoxy) is 2. The maximum absolute atomic E-state index is 13.8. The van der Waals surface area contributed by atoms with Crippen molar-refractivity contribution in [1.29, 1.82) is 0 Å². The largest absolute Gasteiger partial charge is 0.379 e. The summed E-state index contributed by atoms with van der Waals surface area (Å²) in [6.07, 6.45) is 6.11. The van der Waals surface area contributed by atoms with Crippen molar-refractivity contribution in [3.8, 4) is 11.3 Å². The Bertz CT molecular complexity index is 1430. The first-order chi connectivity index (χ1) is 17.6. The lowest BCUT2D eigenvalue weighted by Crippen LogP contribution is -2.48. The van der Waals surface area contributed by atoms with Crippen molar-refractivity contribution >= 4 is 28.4 Å². The van der Waals surface area contributed by atoms with Gasteiger partial charge >= 0.3 is 0 Å². The summed E-state index contributed by atoms with van der Waals surface area (Å²) in [6.45, 7) is 1.17. The van der Waals surface area contributed by atoms with E-state index in [2.05, 4.69) is 31.5 Å². The number of hydrogen-bond acceptors (Lipinski definition) is 7. The van der Waals surface area contributed by atoms with Gasteiger partial charge in [0.2, 0.25) is 0 Å². The normalized spacial score (nSPS) is 24.1. The maximum Gasteiger partial charge on any atom is 0.257 e. The van der Waals surface area contributed by atoms with Crippen LogP contribution in [0.15, 0.2) is 36.8 Å². The minimum absolute atomic E-state index is 0.0647. The molecule has 0 bridgehead atoms. The van der Waals surface area contributed by atoms with Gasteiger partial charge in [-0.3, -0.25) is 4.79 Å². The average Bonchev–Trinajstić information content (AvgIpc) is 3.52. The molecule has 1 aliphatic heterocycles. The van der Waals surface area contributed by atoms with E-state index in [0.29, 0.717) is 48.8 Å². The van der Waals surface area contributed by atoms with E-state index in [1.165, 1.54) is 6.20 Å². The smallest absolute Gasteiger partial charge is 0.257 e. The zero-order valence-corrected chi connectivity index (χ0v) is 20.1. The molecule has 1 saturated carbocycles.